The molecule has 2 N–H and O–H groups in total. The smallest absolute Gasteiger partial charge is 0.227 e. The zero-order valence-electron chi connectivity index (χ0n) is 16.2. The lowest BCUT2D eigenvalue weighted by atomic mass is 10.1. The highest BCUT2D eigenvalue weighted by molar-refractivity contribution is 7.14. The van der Waals surface area contributed by atoms with Crippen molar-refractivity contribution in [3.8, 4) is 22.0 Å². The number of rotatable bonds is 7. The maximum absolute atomic E-state index is 14.4. The molecule has 0 saturated heterocycles. The van der Waals surface area contributed by atoms with E-state index in [9.17, 15) is 14.0 Å². The standard InChI is InChI=1S/C20H16FN5O3S2/c1-11(27)22-12-4-5-13(14(21)9-12)15-10-31-20(23-15)24-17(28)6-7-18-25-19(26-29-18)16-3-2-8-30-16/h2-5,8-10H,6-7H2,1H3,(H,22,27)(H,23,24,28). The zero-order chi connectivity index (χ0) is 21.8. The number of halogens is 1. The Morgan fingerprint density at radius 3 is 2.77 bits per heavy atom. The van der Waals surface area contributed by atoms with Gasteiger partial charge in [0.25, 0.3) is 0 Å². The summed E-state index contributed by atoms with van der Waals surface area (Å²) >= 11 is 2.69. The normalized spacial score (nSPS) is 10.8. The first-order chi connectivity index (χ1) is 15.0. The zero-order valence-corrected chi connectivity index (χ0v) is 17.8. The minimum atomic E-state index is -0.521. The van der Waals surface area contributed by atoms with Crippen LogP contribution in [-0.4, -0.2) is 26.9 Å². The number of aromatic nitrogens is 3. The van der Waals surface area contributed by atoms with Crippen molar-refractivity contribution < 1.29 is 18.5 Å². The van der Waals surface area contributed by atoms with Crippen LogP contribution in [0.2, 0.25) is 0 Å². The van der Waals surface area contributed by atoms with Crippen LogP contribution in [0, 0.1) is 5.82 Å². The number of carbonyl (C=O) groups is 2. The summed E-state index contributed by atoms with van der Waals surface area (Å²) < 4.78 is 19.6. The van der Waals surface area contributed by atoms with E-state index < -0.39 is 5.82 Å². The van der Waals surface area contributed by atoms with Gasteiger partial charge in [-0.25, -0.2) is 9.37 Å². The molecule has 0 atom stereocenters. The molecule has 4 aromatic rings. The van der Waals surface area contributed by atoms with Gasteiger partial charge in [-0.05, 0) is 29.6 Å². The summed E-state index contributed by atoms with van der Waals surface area (Å²) in [6.07, 6.45) is 0.433. The first-order valence-corrected chi connectivity index (χ1v) is 10.9. The molecule has 0 fully saturated rings. The van der Waals surface area contributed by atoms with E-state index in [-0.39, 0.29) is 23.8 Å². The summed E-state index contributed by atoms with van der Waals surface area (Å²) in [5, 5.41) is 13.1. The molecule has 0 bridgehead atoms. The van der Waals surface area contributed by atoms with Crippen LogP contribution in [-0.2, 0) is 16.0 Å². The number of hydrogen-bond donors (Lipinski definition) is 2. The molecular weight excluding hydrogens is 441 g/mol. The molecule has 0 spiro atoms. The van der Waals surface area contributed by atoms with Gasteiger partial charge in [0.05, 0.1) is 10.6 Å². The van der Waals surface area contributed by atoms with Crippen LogP contribution in [0.1, 0.15) is 19.2 Å². The highest BCUT2D eigenvalue weighted by atomic mass is 32.1. The maximum atomic E-state index is 14.4. The van der Waals surface area contributed by atoms with Gasteiger partial charge >= 0.3 is 0 Å². The van der Waals surface area contributed by atoms with Crippen LogP contribution in [0.5, 0.6) is 0 Å². The fraction of sp³-hybridized carbons (Fsp3) is 0.150. The van der Waals surface area contributed by atoms with Gasteiger partial charge in [0.2, 0.25) is 23.5 Å². The monoisotopic (exact) mass is 457 g/mol. The highest BCUT2D eigenvalue weighted by Gasteiger charge is 2.14. The van der Waals surface area contributed by atoms with Crippen LogP contribution < -0.4 is 10.6 Å². The average molecular weight is 458 g/mol. The van der Waals surface area contributed by atoms with E-state index in [2.05, 4.69) is 25.8 Å². The number of aryl methyl sites for hydroxylation is 1. The van der Waals surface area contributed by atoms with Crippen LogP contribution in [0.4, 0.5) is 15.2 Å². The summed E-state index contributed by atoms with van der Waals surface area (Å²) in [6, 6.07) is 8.13. The second-order valence-electron chi connectivity index (χ2n) is 6.45. The van der Waals surface area contributed by atoms with Crippen molar-refractivity contribution in [1.29, 1.82) is 0 Å². The predicted molar refractivity (Wildman–Crippen MR) is 116 cm³/mol. The fourth-order valence-electron chi connectivity index (χ4n) is 2.72. The number of nitrogens with one attached hydrogen (secondary N) is 2. The van der Waals surface area contributed by atoms with E-state index in [1.165, 1.54) is 41.7 Å². The van der Waals surface area contributed by atoms with Crippen LogP contribution in [0.15, 0.2) is 45.6 Å². The third-order valence-electron chi connectivity index (χ3n) is 4.09. The second-order valence-corrected chi connectivity index (χ2v) is 8.26. The van der Waals surface area contributed by atoms with Crippen molar-refractivity contribution >= 4 is 45.3 Å². The van der Waals surface area contributed by atoms with Gasteiger partial charge < -0.3 is 15.2 Å². The third kappa shape index (κ3) is 5.19. The molecule has 4 rings (SSSR count). The Morgan fingerprint density at radius 2 is 2.03 bits per heavy atom. The molecular formula is C20H16FN5O3S2. The van der Waals surface area contributed by atoms with Crippen molar-refractivity contribution in [1.82, 2.24) is 15.1 Å². The molecule has 11 heteroatoms. The van der Waals surface area contributed by atoms with Gasteiger partial charge in [0.15, 0.2) is 5.13 Å². The Bertz CT molecular complexity index is 1220. The largest absolute Gasteiger partial charge is 0.339 e. The number of thiophene rings is 1. The van der Waals surface area contributed by atoms with Gasteiger partial charge in [-0.3, -0.25) is 9.59 Å². The Morgan fingerprint density at radius 1 is 1.16 bits per heavy atom. The van der Waals surface area contributed by atoms with Crippen molar-refractivity contribution in [2.24, 2.45) is 0 Å². The Labute approximate surface area is 184 Å². The molecule has 0 saturated carbocycles. The SMILES string of the molecule is CC(=O)Nc1ccc(-c2csc(NC(=O)CCc3nc(-c4cccs4)no3)n2)c(F)c1. The molecule has 0 aliphatic heterocycles. The summed E-state index contributed by atoms with van der Waals surface area (Å²) in [5.74, 6) is -0.194. The maximum Gasteiger partial charge on any atom is 0.227 e. The van der Waals surface area contributed by atoms with Gasteiger partial charge in [-0.15, -0.1) is 22.7 Å². The topological polar surface area (TPSA) is 110 Å². The van der Waals surface area contributed by atoms with E-state index in [0.29, 0.717) is 34.6 Å². The van der Waals surface area contributed by atoms with Crippen molar-refractivity contribution in [2.45, 2.75) is 19.8 Å². The molecule has 8 nitrogen and oxygen atoms in total. The fourth-order valence-corrected chi connectivity index (χ4v) is 4.10. The van der Waals surface area contributed by atoms with Crippen molar-refractivity contribution in [3.63, 3.8) is 0 Å². The molecule has 0 aliphatic rings. The van der Waals surface area contributed by atoms with Crippen LogP contribution in [0.3, 0.4) is 0 Å². The lowest BCUT2D eigenvalue weighted by Gasteiger charge is -2.05. The Hall–Kier alpha value is -3.44. The molecule has 0 radical (unpaired) electrons. The number of hydrogen-bond acceptors (Lipinski definition) is 8. The van der Waals surface area contributed by atoms with Crippen LogP contribution >= 0.6 is 22.7 Å². The van der Waals surface area contributed by atoms with Gasteiger partial charge in [-0.2, -0.15) is 4.98 Å². The molecule has 0 unspecified atom stereocenters. The van der Waals surface area contributed by atoms with Gasteiger partial charge in [-0.1, -0.05) is 11.2 Å². The third-order valence-corrected chi connectivity index (χ3v) is 5.72. The summed E-state index contributed by atoms with van der Waals surface area (Å²) in [7, 11) is 0. The Kier molecular flexibility index (Phi) is 6.14. The number of benzene rings is 1. The first kappa shape index (κ1) is 20.8. The van der Waals surface area contributed by atoms with E-state index >= 15 is 0 Å². The average Bonchev–Trinajstić information content (AvgIpc) is 3.47. The molecule has 2 amide bonds. The molecule has 3 aromatic heterocycles. The van der Waals surface area contributed by atoms with Gasteiger partial charge in [0.1, 0.15) is 5.82 Å². The number of carbonyl (C=O) groups excluding carboxylic acids is 2. The number of thiazole rings is 1. The van der Waals surface area contributed by atoms with Crippen molar-refractivity contribution in [2.75, 3.05) is 10.6 Å². The highest BCUT2D eigenvalue weighted by Crippen LogP contribution is 2.29. The van der Waals surface area contributed by atoms with Crippen molar-refractivity contribution in [3.05, 3.63) is 52.8 Å². The van der Waals surface area contributed by atoms with E-state index in [1.807, 2.05) is 17.5 Å². The molecule has 1 aromatic carbocycles. The van der Waals surface area contributed by atoms with E-state index in [1.54, 1.807) is 11.4 Å². The molecule has 0 aliphatic carbocycles. The van der Waals surface area contributed by atoms with Gasteiger partial charge in [0, 0.05) is 36.4 Å². The minimum Gasteiger partial charge on any atom is -0.339 e. The Balaban J connectivity index is 1.34. The first-order valence-electron chi connectivity index (χ1n) is 9.17. The van der Waals surface area contributed by atoms with E-state index in [4.69, 9.17) is 4.52 Å². The number of amides is 2. The van der Waals surface area contributed by atoms with Crippen LogP contribution in [0.25, 0.3) is 22.0 Å². The quantitative estimate of drug-likeness (QED) is 0.420. The molecule has 158 valence electrons. The summed E-state index contributed by atoms with van der Waals surface area (Å²) in [6.45, 7) is 1.35. The number of nitrogens with zero attached hydrogens (tertiary/aromatic N) is 3. The van der Waals surface area contributed by atoms with E-state index in [0.717, 1.165) is 4.88 Å². The molecule has 31 heavy (non-hydrogen) atoms. The number of anilines is 2. The summed E-state index contributed by atoms with van der Waals surface area (Å²) in [5.41, 5.74) is 1.03. The summed E-state index contributed by atoms with van der Waals surface area (Å²) in [4.78, 5) is 32.8. The molecule has 3 heterocycles. The predicted octanol–water partition coefficient (Wildman–Crippen LogP) is 4.59. The lowest BCUT2D eigenvalue weighted by molar-refractivity contribution is -0.116. The lowest BCUT2D eigenvalue weighted by Crippen LogP contribution is -2.12. The minimum absolute atomic E-state index is 0.140. The second kappa shape index (κ2) is 9.14.